The Bertz CT molecular complexity index is 466. The fourth-order valence-corrected chi connectivity index (χ4v) is 1.83. The highest BCUT2D eigenvalue weighted by atomic mass is 32.1. The Morgan fingerprint density at radius 2 is 2.19 bits per heavy atom. The lowest BCUT2D eigenvalue weighted by molar-refractivity contribution is 0.817. The largest absolute Gasteiger partial charge is 0.308 e. The first-order chi connectivity index (χ1) is 7.70. The van der Waals surface area contributed by atoms with Gasteiger partial charge in [0.15, 0.2) is 10.8 Å². The summed E-state index contributed by atoms with van der Waals surface area (Å²) >= 11 is 1.51. The van der Waals surface area contributed by atoms with Crippen molar-refractivity contribution >= 4 is 17.2 Å². The molecule has 0 saturated heterocycles. The predicted molar refractivity (Wildman–Crippen MR) is 65.0 cm³/mol. The second-order valence-corrected chi connectivity index (χ2v) is 4.53. The van der Waals surface area contributed by atoms with Gasteiger partial charge < -0.3 is 5.43 Å². The zero-order chi connectivity index (χ0) is 11.5. The Labute approximate surface area is 97.7 Å². The quantitative estimate of drug-likeness (QED) is 0.628. The van der Waals surface area contributed by atoms with Gasteiger partial charge in [-0.05, 0) is 5.92 Å². The van der Waals surface area contributed by atoms with E-state index < -0.39 is 0 Å². The summed E-state index contributed by atoms with van der Waals surface area (Å²) < 4.78 is 0. The first kappa shape index (κ1) is 11.0. The summed E-state index contributed by atoms with van der Waals surface area (Å²) in [4.78, 5) is 12.9. The minimum absolute atomic E-state index is 0.328. The summed E-state index contributed by atoms with van der Waals surface area (Å²) in [7, 11) is 0. The first-order valence-electron chi connectivity index (χ1n) is 4.96. The number of rotatable bonds is 3. The van der Waals surface area contributed by atoms with Gasteiger partial charge in [-0.3, -0.25) is 0 Å². The molecule has 0 saturated carbocycles. The smallest absolute Gasteiger partial charge is 0.190 e. The highest BCUT2D eigenvalue weighted by molar-refractivity contribution is 7.13. The van der Waals surface area contributed by atoms with Gasteiger partial charge in [0.2, 0.25) is 0 Å². The molecule has 6 heteroatoms. The molecule has 0 atom stereocenters. The summed E-state index contributed by atoms with van der Waals surface area (Å²) in [6, 6.07) is 1.85. The number of hydrazine groups is 1. The Morgan fingerprint density at radius 3 is 2.75 bits per heavy atom. The fraction of sp³-hybridized carbons (Fsp3) is 0.300. The van der Waals surface area contributed by atoms with E-state index in [0.717, 1.165) is 10.7 Å². The number of hydrogen-bond acceptors (Lipinski definition) is 6. The molecule has 0 fully saturated rings. The van der Waals surface area contributed by atoms with Crippen molar-refractivity contribution in [2.45, 2.75) is 19.8 Å². The molecule has 2 rings (SSSR count). The highest BCUT2D eigenvalue weighted by Gasteiger charge is 2.10. The van der Waals surface area contributed by atoms with E-state index in [2.05, 4.69) is 34.2 Å². The summed E-state index contributed by atoms with van der Waals surface area (Å²) in [5, 5.41) is 2.70. The van der Waals surface area contributed by atoms with Crippen LogP contribution in [0.5, 0.6) is 0 Å². The molecule has 0 amide bonds. The van der Waals surface area contributed by atoms with Crippen molar-refractivity contribution in [2.24, 2.45) is 5.84 Å². The molecule has 3 N–H and O–H groups in total. The van der Waals surface area contributed by atoms with Crippen LogP contribution < -0.4 is 11.3 Å². The molecule has 16 heavy (non-hydrogen) atoms. The normalized spacial score (nSPS) is 10.8. The second-order valence-electron chi connectivity index (χ2n) is 3.64. The molecule has 0 aliphatic rings. The van der Waals surface area contributed by atoms with E-state index in [-0.39, 0.29) is 0 Å². The zero-order valence-electron chi connectivity index (χ0n) is 9.14. The standard InChI is InChI=1S/C10H13N5S/c1-6(2)7-5-8(15-11)14-9(13-7)10-12-3-4-16-10/h3-6H,11H2,1-2H3,(H,13,14,15). The minimum atomic E-state index is 0.328. The van der Waals surface area contributed by atoms with E-state index in [1.807, 2.05) is 11.4 Å². The lowest BCUT2D eigenvalue weighted by atomic mass is 10.1. The molecular weight excluding hydrogens is 222 g/mol. The fourth-order valence-electron chi connectivity index (χ4n) is 1.27. The minimum Gasteiger partial charge on any atom is -0.308 e. The summed E-state index contributed by atoms with van der Waals surface area (Å²) in [5.74, 6) is 6.95. The van der Waals surface area contributed by atoms with Crippen molar-refractivity contribution in [3.05, 3.63) is 23.3 Å². The molecule has 0 unspecified atom stereocenters. The zero-order valence-corrected chi connectivity index (χ0v) is 9.95. The Kier molecular flexibility index (Phi) is 3.12. The van der Waals surface area contributed by atoms with Crippen LogP contribution in [0.1, 0.15) is 25.5 Å². The molecule has 0 spiro atoms. The van der Waals surface area contributed by atoms with Gasteiger partial charge in [-0.1, -0.05) is 13.8 Å². The van der Waals surface area contributed by atoms with Crippen LogP contribution in [0.3, 0.4) is 0 Å². The van der Waals surface area contributed by atoms with Crippen LogP contribution in [0.2, 0.25) is 0 Å². The molecule has 0 bridgehead atoms. The average Bonchev–Trinajstić information content (AvgIpc) is 2.81. The van der Waals surface area contributed by atoms with Gasteiger partial charge in [0.25, 0.3) is 0 Å². The lowest BCUT2D eigenvalue weighted by Gasteiger charge is -2.08. The number of nitrogens with zero attached hydrogens (tertiary/aromatic N) is 3. The number of hydrogen-bond donors (Lipinski definition) is 2. The third-order valence-corrected chi connectivity index (χ3v) is 2.88. The van der Waals surface area contributed by atoms with E-state index in [0.29, 0.717) is 17.6 Å². The molecule has 0 aliphatic carbocycles. The maximum Gasteiger partial charge on any atom is 0.190 e. The summed E-state index contributed by atoms with van der Waals surface area (Å²) in [6.45, 7) is 4.16. The van der Waals surface area contributed by atoms with Crippen LogP contribution >= 0.6 is 11.3 Å². The first-order valence-corrected chi connectivity index (χ1v) is 5.84. The van der Waals surface area contributed by atoms with Gasteiger partial charge in [0.05, 0.1) is 0 Å². The van der Waals surface area contributed by atoms with E-state index >= 15 is 0 Å². The Morgan fingerprint density at radius 1 is 1.38 bits per heavy atom. The molecule has 0 aromatic carbocycles. The molecule has 2 aromatic heterocycles. The van der Waals surface area contributed by atoms with Crippen molar-refractivity contribution in [3.8, 4) is 10.8 Å². The molecule has 0 radical (unpaired) electrons. The van der Waals surface area contributed by atoms with Crippen LogP contribution in [0, 0.1) is 0 Å². The molecule has 84 valence electrons. The SMILES string of the molecule is CC(C)c1cc(NN)nc(-c2nccs2)n1. The molecule has 5 nitrogen and oxygen atoms in total. The topological polar surface area (TPSA) is 76.7 Å². The number of aromatic nitrogens is 3. The van der Waals surface area contributed by atoms with E-state index in [1.54, 1.807) is 6.20 Å². The van der Waals surface area contributed by atoms with Crippen molar-refractivity contribution in [3.63, 3.8) is 0 Å². The molecule has 0 aliphatic heterocycles. The number of anilines is 1. The second kappa shape index (κ2) is 4.54. The number of thiazole rings is 1. The number of nitrogen functional groups attached to an aromatic ring is 1. The molecule has 2 aromatic rings. The predicted octanol–water partition coefficient (Wildman–Crippen LogP) is 2.01. The van der Waals surface area contributed by atoms with Crippen LogP contribution in [0.25, 0.3) is 10.8 Å². The lowest BCUT2D eigenvalue weighted by Crippen LogP contribution is -2.11. The molecular formula is C10H13N5S. The van der Waals surface area contributed by atoms with Crippen molar-refractivity contribution < 1.29 is 0 Å². The third-order valence-electron chi connectivity index (χ3n) is 2.11. The van der Waals surface area contributed by atoms with E-state index in [1.165, 1.54) is 11.3 Å². The maximum absolute atomic E-state index is 5.38. The van der Waals surface area contributed by atoms with Crippen LogP contribution in [-0.2, 0) is 0 Å². The van der Waals surface area contributed by atoms with E-state index in [4.69, 9.17) is 5.84 Å². The van der Waals surface area contributed by atoms with Gasteiger partial charge in [-0.15, -0.1) is 11.3 Å². The van der Waals surface area contributed by atoms with Crippen molar-refractivity contribution in [1.29, 1.82) is 0 Å². The van der Waals surface area contributed by atoms with Crippen LogP contribution in [0.4, 0.5) is 5.82 Å². The van der Waals surface area contributed by atoms with Crippen LogP contribution in [0.15, 0.2) is 17.6 Å². The van der Waals surface area contributed by atoms with Crippen molar-refractivity contribution in [2.75, 3.05) is 5.43 Å². The Hall–Kier alpha value is -1.53. The van der Waals surface area contributed by atoms with Crippen molar-refractivity contribution in [1.82, 2.24) is 15.0 Å². The van der Waals surface area contributed by atoms with Gasteiger partial charge in [-0.25, -0.2) is 20.8 Å². The maximum atomic E-state index is 5.38. The summed E-state index contributed by atoms with van der Waals surface area (Å²) in [5.41, 5.74) is 3.50. The average molecular weight is 235 g/mol. The molecule has 2 heterocycles. The van der Waals surface area contributed by atoms with E-state index in [9.17, 15) is 0 Å². The highest BCUT2D eigenvalue weighted by Crippen LogP contribution is 2.22. The van der Waals surface area contributed by atoms with Gasteiger partial charge in [-0.2, -0.15) is 0 Å². The van der Waals surface area contributed by atoms with Gasteiger partial charge >= 0.3 is 0 Å². The Balaban J connectivity index is 2.49. The monoisotopic (exact) mass is 235 g/mol. The van der Waals surface area contributed by atoms with Gasteiger partial charge in [0, 0.05) is 23.3 Å². The third kappa shape index (κ3) is 2.17. The number of nitrogens with one attached hydrogen (secondary N) is 1. The number of nitrogens with two attached hydrogens (primary N) is 1. The summed E-state index contributed by atoms with van der Waals surface area (Å²) in [6.07, 6.45) is 1.74. The van der Waals surface area contributed by atoms with Crippen LogP contribution in [-0.4, -0.2) is 15.0 Å². The van der Waals surface area contributed by atoms with Gasteiger partial charge in [0.1, 0.15) is 5.82 Å².